The minimum absolute atomic E-state index is 0.952. The molecule has 0 aromatic rings. The van der Waals surface area contributed by atoms with Crippen LogP contribution in [0.4, 0.5) is 26.3 Å². The van der Waals surface area contributed by atoms with Crippen LogP contribution >= 0.6 is 0 Å². The average Bonchev–Trinajstić information content (AvgIpc) is 2.31. The predicted octanol–water partition coefficient (Wildman–Crippen LogP) is 3.37. The Morgan fingerprint density at radius 1 is 1.00 bits per heavy atom. The molecule has 0 amide bonds. The van der Waals surface area contributed by atoms with E-state index in [1.807, 2.05) is 0 Å². The zero-order chi connectivity index (χ0) is 13.6. The van der Waals surface area contributed by atoms with Crippen molar-refractivity contribution in [1.29, 1.82) is 0 Å². The van der Waals surface area contributed by atoms with E-state index in [1.165, 1.54) is 0 Å². The molecule has 0 spiro atoms. The lowest BCUT2D eigenvalue weighted by Gasteiger charge is -2.40. The number of aliphatic hydroxyl groups is 1. The quantitative estimate of drug-likeness (QED) is 0.755. The molecule has 1 rings (SSSR count). The maximum Gasteiger partial charge on any atom is 0.228 e. The molecule has 1 aliphatic carbocycles. The second-order valence-corrected chi connectivity index (χ2v) is 4.08. The van der Waals surface area contributed by atoms with Gasteiger partial charge in [-0.15, -0.1) is 0 Å². The number of rotatable bonds is 2. The van der Waals surface area contributed by atoms with Gasteiger partial charge in [-0.2, -0.15) is 0 Å². The fraction of sp³-hybridized carbons (Fsp3) is 0.600. The van der Waals surface area contributed by atoms with Gasteiger partial charge in [0, 0.05) is 0 Å². The number of hydrogen-bond acceptors (Lipinski definition) is 1. The molecule has 2 atom stereocenters. The Hall–Kier alpha value is -0.980. The summed E-state index contributed by atoms with van der Waals surface area (Å²) in [6, 6.07) is 0. The smallest absolute Gasteiger partial charge is 0.228 e. The van der Waals surface area contributed by atoms with E-state index in [1.54, 1.807) is 0 Å². The molecule has 7 heteroatoms. The molecule has 0 fully saturated rings. The van der Waals surface area contributed by atoms with Crippen LogP contribution in [0.25, 0.3) is 0 Å². The van der Waals surface area contributed by atoms with Crippen molar-refractivity contribution in [3.05, 3.63) is 23.3 Å². The lowest BCUT2D eigenvalue weighted by atomic mass is 9.73. The van der Waals surface area contributed by atoms with Gasteiger partial charge in [-0.3, -0.25) is 0 Å². The van der Waals surface area contributed by atoms with Crippen LogP contribution in [0.2, 0.25) is 0 Å². The number of alkyl halides is 2. The number of allylic oxidation sites excluding steroid dienone is 3. The number of aliphatic hydroxyl groups excluding tert-OH is 1. The zero-order valence-corrected chi connectivity index (χ0v) is 9.00. The standard InChI is InChI=1S/C10H10F6O/c1-4(2)10(16)8(14)6(12)5(11)7(13)9(10,15)3-17/h4,17H,3H2,1-2H3. The second-order valence-electron chi connectivity index (χ2n) is 4.08. The number of halogens is 6. The summed E-state index contributed by atoms with van der Waals surface area (Å²) in [5.41, 5.74) is -7.75. The van der Waals surface area contributed by atoms with E-state index in [-0.39, 0.29) is 0 Å². The Bertz CT molecular complexity index is 402. The third-order valence-electron chi connectivity index (χ3n) is 2.84. The van der Waals surface area contributed by atoms with Gasteiger partial charge in [0.25, 0.3) is 0 Å². The minimum Gasteiger partial charge on any atom is -0.392 e. The van der Waals surface area contributed by atoms with Gasteiger partial charge >= 0.3 is 0 Å². The monoisotopic (exact) mass is 260 g/mol. The fourth-order valence-electron chi connectivity index (χ4n) is 1.76. The van der Waals surface area contributed by atoms with E-state index >= 15 is 0 Å². The maximum atomic E-state index is 14.2. The average molecular weight is 260 g/mol. The summed E-state index contributed by atoms with van der Waals surface area (Å²) in [7, 11) is 0. The Morgan fingerprint density at radius 3 is 1.76 bits per heavy atom. The molecule has 0 aromatic heterocycles. The number of hydrogen-bond donors (Lipinski definition) is 1. The van der Waals surface area contributed by atoms with E-state index in [9.17, 15) is 26.3 Å². The summed E-state index contributed by atoms with van der Waals surface area (Å²) in [6.07, 6.45) is 0. The predicted molar refractivity (Wildman–Crippen MR) is 48.1 cm³/mol. The van der Waals surface area contributed by atoms with E-state index < -0.39 is 47.2 Å². The van der Waals surface area contributed by atoms with Gasteiger partial charge in [-0.25, -0.2) is 26.3 Å². The molecule has 0 saturated carbocycles. The van der Waals surface area contributed by atoms with Gasteiger partial charge in [0.2, 0.25) is 11.3 Å². The van der Waals surface area contributed by atoms with E-state index in [0.29, 0.717) is 0 Å². The van der Waals surface area contributed by atoms with Gasteiger partial charge in [-0.05, 0) is 5.92 Å². The highest BCUT2D eigenvalue weighted by Crippen LogP contribution is 2.54. The fourth-order valence-corrected chi connectivity index (χ4v) is 1.76. The Kier molecular flexibility index (Phi) is 3.35. The first-order valence-corrected chi connectivity index (χ1v) is 4.75. The molecule has 0 saturated heterocycles. The summed E-state index contributed by atoms with van der Waals surface area (Å²) in [6.45, 7) is 0.0579. The van der Waals surface area contributed by atoms with E-state index in [2.05, 4.69) is 0 Å². The Balaban J connectivity index is 3.61. The molecule has 1 nitrogen and oxygen atoms in total. The van der Waals surface area contributed by atoms with Gasteiger partial charge < -0.3 is 5.11 Å². The molecule has 17 heavy (non-hydrogen) atoms. The van der Waals surface area contributed by atoms with Crippen LogP contribution in [-0.2, 0) is 0 Å². The third kappa shape index (κ3) is 1.51. The summed E-state index contributed by atoms with van der Waals surface area (Å²) in [4.78, 5) is 0. The molecule has 0 aliphatic heterocycles. The summed E-state index contributed by atoms with van der Waals surface area (Å²) in [5, 5.41) is 8.66. The van der Waals surface area contributed by atoms with E-state index in [0.717, 1.165) is 13.8 Å². The lowest BCUT2D eigenvalue weighted by molar-refractivity contribution is -0.0839. The molecule has 0 radical (unpaired) electrons. The molecular weight excluding hydrogens is 250 g/mol. The van der Waals surface area contributed by atoms with Crippen LogP contribution in [0.1, 0.15) is 13.8 Å². The van der Waals surface area contributed by atoms with Crippen LogP contribution in [0.15, 0.2) is 23.3 Å². The first-order chi connectivity index (χ1) is 7.64. The van der Waals surface area contributed by atoms with Crippen molar-refractivity contribution in [2.24, 2.45) is 5.92 Å². The van der Waals surface area contributed by atoms with Gasteiger partial charge in [0.05, 0.1) is 6.61 Å². The highest BCUT2D eigenvalue weighted by atomic mass is 19.2. The summed E-state index contributed by atoms with van der Waals surface area (Å²) < 4.78 is 80.3. The van der Waals surface area contributed by atoms with Crippen LogP contribution < -0.4 is 0 Å². The van der Waals surface area contributed by atoms with Crippen molar-refractivity contribution >= 4 is 0 Å². The Labute approximate surface area is 93.4 Å². The van der Waals surface area contributed by atoms with Gasteiger partial charge in [0.15, 0.2) is 23.3 Å². The largest absolute Gasteiger partial charge is 0.392 e. The van der Waals surface area contributed by atoms with Crippen LogP contribution in [0, 0.1) is 5.92 Å². The van der Waals surface area contributed by atoms with Crippen molar-refractivity contribution in [3.8, 4) is 0 Å². The molecule has 0 aromatic carbocycles. The van der Waals surface area contributed by atoms with Gasteiger partial charge in [-0.1, -0.05) is 13.8 Å². The van der Waals surface area contributed by atoms with E-state index in [4.69, 9.17) is 5.11 Å². The van der Waals surface area contributed by atoms with Crippen molar-refractivity contribution in [1.82, 2.24) is 0 Å². The zero-order valence-electron chi connectivity index (χ0n) is 9.00. The van der Waals surface area contributed by atoms with Crippen LogP contribution in [-0.4, -0.2) is 23.1 Å². The molecular formula is C10H10F6O. The van der Waals surface area contributed by atoms with Crippen molar-refractivity contribution in [2.45, 2.75) is 25.2 Å². The van der Waals surface area contributed by atoms with Crippen LogP contribution in [0.3, 0.4) is 0 Å². The molecule has 1 aliphatic rings. The second kappa shape index (κ2) is 4.04. The van der Waals surface area contributed by atoms with Crippen molar-refractivity contribution < 1.29 is 31.4 Å². The summed E-state index contributed by atoms with van der Waals surface area (Å²) >= 11 is 0. The van der Waals surface area contributed by atoms with Crippen molar-refractivity contribution in [2.75, 3.05) is 6.61 Å². The van der Waals surface area contributed by atoms with Crippen molar-refractivity contribution in [3.63, 3.8) is 0 Å². The minimum atomic E-state index is -3.97. The topological polar surface area (TPSA) is 20.2 Å². The summed E-state index contributed by atoms with van der Waals surface area (Å²) in [5.74, 6) is -11.3. The molecule has 98 valence electrons. The molecule has 0 heterocycles. The van der Waals surface area contributed by atoms with Gasteiger partial charge in [0.1, 0.15) is 0 Å². The first kappa shape index (κ1) is 14.1. The third-order valence-corrected chi connectivity index (χ3v) is 2.84. The Morgan fingerprint density at radius 2 is 1.41 bits per heavy atom. The molecule has 0 bridgehead atoms. The lowest BCUT2D eigenvalue weighted by Crippen LogP contribution is -2.57. The first-order valence-electron chi connectivity index (χ1n) is 4.75. The molecule has 1 N–H and O–H groups in total. The highest BCUT2D eigenvalue weighted by Gasteiger charge is 2.66. The highest BCUT2D eigenvalue weighted by molar-refractivity contribution is 5.44. The SMILES string of the molecule is CC(C)C1(F)C(F)=C(F)C(F)=C(F)C1(F)CO. The maximum absolute atomic E-state index is 14.2. The molecule has 2 unspecified atom stereocenters. The van der Waals surface area contributed by atoms with Crippen LogP contribution in [0.5, 0.6) is 0 Å². The normalized spacial score (nSPS) is 34.9.